The number of hydrogen-bond acceptors (Lipinski definition) is 7. The molecule has 0 fully saturated rings. The average molecular weight is 460 g/mol. The summed E-state index contributed by atoms with van der Waals surface area (Å²) in [7, 11) is 0. The third-order valence-electron chi connectivity index (χ3n) is 5.51. The van der Waals surface area contributed by atoms with E-state index < -0.39 is 0 Å². The highest BCUT2D eigenvalue weighted by Gasteiger charge is 2.18. The molecule has 4 aromatic rings. The van der Waals surface area contributed by atoms with Crippen LogP contribution in [0.1, 0.15) is 38.7 Å². The second kappa shape index (κ2) is 9.84. The van der Waals surface area contributed by atoms with Gasteiger partial charge in [-0.25, -0.2) is 0 Å². The predicted octanol–water partition coefficient (Wildman–Crippen LogP) is 4.44. The summed E-state index contributed by atoms with van der Waals surface area (Å²) in [5.41, 5.74) is 3.54. The summed E-state index contributed by atoms with van der Waals surface area (Å²) >= 11 is 0. The quantitative estimate of drug-likeness (QED) is 0.396. The number of carbonyl (C=O) groups excluding carboxylic acids is 1. The molecule has 1 aliphatic heterocycles. The van der Waals surface area contributed by atoms with Crippen LogP contribution in [0.5, 0.6) is 11.5 Å². The van der Waals surface area contributed by atoms with Crippen molar-refractivity contribution in [1.29, 1.82) is 0 Å². The van der Waals surface area contributed by atoms with Gasteiger partial charge in [-0.3, -0.25) is 9.69 Å². The Bertz CT molecular complexity index is 1270. The number of benzene rings is 2. The van der Waals surface area contributed by atoms with Crippen LogP contribution < -0.4 is 14.8 Å². The lowest BCUT2D eigenvalue weighted by atomic mass is 10.1. The van der Waals surface area contributed by atoms with Gasteiger partial charge in [0.1, 0.15) is 5.76 Å². The summed E-state index contributed by atoms with van der Waals surface area (Å²) in [6.45, 7) is 4.42. The lowest BCUT2D eigenvalue weighted by molar-refractivity contribution is 0.0941. The minimum Gasteiger partial charge on any atom is -0.468 e. The van der Waals surface area contributed by atoms with Gasteiger partial charge in [-0.1, -0.05) is 41.1 Å². The number of fused-ring (bicyclic) bond motifs is 1. The molecule has 0 saturated carbocycles. The van der Waals surface area contributed by atoms with Crippen molar-refractivity contribution in [2.45, 2.75) is 33.1 Å². The first-order chi connectivity index (χ1) is 16.6. The molecule has 174 valence electrons. The van der Waals surface area contributed by atoms with E-state index in [1.54, 1.807) is 12.3 Å². The number of carbonyl (C=O) groups is 1. The number of hydrogen-bond donors (Lipinski definition) is 1. The van der Waals surface area contributed by atoms with E-state index >= 15 is 0 Å². The maximum Gasteiger partial charge on any atom is 0.273 e. The Morgan fingerprint density at radius 2 is 1.82 bits per heavy atom. The van der Waals surface area contributed by atoms with Crippen LogP contribution in [-0.2, 0) is 26.2 Å². The van der Waals surface area contributed by atoms with E-state index in [0.29, 0.717) is 43.4 Å². The smallest absolute Gasteiger partial charge is 0.273 e. The Kier molecular flexibility index (Phi) is 6.31. The van der Waals surface area contributed by atoms with Crippen molar-refractivity contribution in [2.75, 3.05) is 6.79 Å². The van der Waals surface area contributed by atoms with Crippen LogP contribution in [0, 0.1) is 6.92 Å². The summed E-state index contributed by atoms with van der Waals surface area (Å²) in [6, 6.07) is 19.4. The maximum atomic E-state index is 12.6. The van der Waals surface area contributed by atoms with Gasteiger partial charge >= 0.3 is 0 Å². The number of amides is 1. The van der Waals surface area contributed by atoms with Crippen LogP contribution in [0.15, 0.2) is 75.9 Å². The summed E-state index contributed by atoms with van der Waals surface area (Å²) in [5.74, 6) is 2.55. The Morgan fingerprint density at radius 3 is 2.68 bits per heavy atom. The third kappa shape index (κ3) is 5.29. The van der Waals surface area contributed by atoms with Crippen LogP contribution in [0.25, 0.3) is 0 Å². The number of nitrogens with zero attached hydrogens (tertiary/aromatic N) is 2. The molecule has 1 amide bonds. The second-order valence-electron chi connectivity index (χ2n) is 8.26. The fraction of sp³-hybridized carbons (Fsp3) is 0.231. The number of aromatic nitrogens is 1. The molecule has 5 rings (SSSR count). The van der Waals surface area contributed by atoms with Crippen LogP contribution in [0.3, 0.4) is 0 Å². The third-order valence-corrected chi connectivity index (χ3v) is 5.51. The van der Waals surface area contributed by atoms with E-state index in [1.165, 1.54) is 11.1 Å². The van der Waals surface area contributed by atoms with Crippen molar-refractivity contribution < 1.29 is 23.2 Å². The fourth-order valence-corrected chi connectivity index (χ4v) is 3.90. The minimum absolute atomic E-state index is 0.216. The summed E-state index contributed by atoms with van der Waals surface area (Å²) < 4.78 is 21.7. The van der Waals surface area contributed by atoms with Gasteiger partial charge in [-0.2, -0.15) is 0 Å². The first-order valence-electron chi connectivity index (χ1n) is 11.0. The van der Waals surface area contributed by atoms with Crippen molar-refractivity contribution in [3.8, 4) is 11.5 Å². The highest BCUT2D eigenvalue weighted by molar-refractivity contribution is 5.92. The van der Waals surface area contributed by atoms with E-state index in [-0.39, 0.29) is 18.4 Å². The molecule has 0 spiro atoms. The zero-order valence-electron chi connectivity index (χ0n) is 18.8. The molecule has 2 aromatic heterocycles. The highest BCUT2D eigenvalue weighted by Crippen LogP contribution is 2.32. The van der Waals surface area contributed by atoms with Crippen molar-refractivity contribution in [3.05, 3.63) is 101 Å². The van der Waals surface area contributed by atoms with Crippen molar-refractivity contribution in [2.24, 2.45) is 0 Å². The van der Waals surface area contributed by atoms with E-state index in [4.69, 9.17) is 18.4 Å². The zero-order valence-corrected chi connectivity index (χ0v) is 18.8. The average Bonchev–Trinajstić information content (AvgIpc) is 3.59. The Labute approximate surface area is 197 Å². The van der Waals surface area contributed by atoms with Crippen LogP contribution in [-0.4, -0.2) is 22.8 Å². The van der Waals surface area contributed by atoms with E-state index in [2.05, 4.69) is 40.5 Å². The first-order valence-corrected chi connectivity index (χ1v) is 11.0. The number of rotatable bonds is 9. The Balaban J connectivity index is 1.22. The van der Waals surface area contributed by atoms with Crippen LogP contribution in [0.2, 0.25) is 0 Å². The molecule has 8 nitrogen and oxygen atoms in total. The zero-order chi connectivity index (χ0) is 23.3. The van der Waals surface area contributed by atoms with Crippen molar-refractivity contribution in [3.63, 3.8) is 0 Å². The molecule has 34 heavy (non-hydrogen) atoms. The first kappa shape index (κ1) is 21.8. The standard InChI is InChI=1S/C26H25N3O5/c1-18-4-2-5-20(10-18)14-29(15-21-6-3-9-31-21)16-22-12-23(28-34-22)26(30)27-13-19-7-8-24-25(11-19)33-17-32-24/h2-12H,13-17H2,1H3,(H,27,30). The minimum atomic E-state index is -0.302. The van der Waals surface area contributed by atoms with Gasteiger partial charge in [0, 0.05) is 19.2 Å². The Hall–Kier alpha value is -4.04. The SMILES string of the molecule is Cc1cccc(CN(Cc2ccco2)Cc2cc(C(=O)NCc3ccc4c(c3)OCO4)no2)c1. The summed E-state index contributed by atoms with van der Waals surface area (Å²) in [5, 5.41) is 6.84. The van der Waals surface area contributed by atoms with Crippen molar-refractivity contribution in [1.82, 2.24) is 15.4 Å². The normalized spacial score (nSPS) is 12.3. The van der Waals surface area contributed by atoms with Gasteiger partial charge in [-0.15, -0.1) is 0 Å². The molecule has 1 N–H and O–H groups in total. The van der Waals surface area contributed by atoms with Crippen molar-refractivity contribution >= 4 is 5.91 Å². The van der Waals surface area contributed by atoms with Crippen LogP contribution in [0.4, 0.5) is 0 Å². The number of furan rings is 1. The molecule has 0 bridgehead atoms. The number of ether oxygens (including phenoxy) is 2. The van der Waals surface area contributed by atoms with Gasteiger partial charge in [0.2, 0.25) is 6.79 Å². The predicted molar refractivity (Wildman–Crippen MR) is 123 cm³/mol. The fourth-order valence-electron chi connectivity index (χ4n) is 3.90. The summed E-state index contributed by atoms with van der Waals surface area (Å²) in [4.78, 5) is 14.8. The monoisotopic (exact) mass is 459 g/mol. The second-order valence-corrected chi connectivity index (χ2v) is 8.26. The Morgan fingerprint density at radius 1 is 0.941 bits per heavy atom. The number of aryl methyl sites for hydroxylation is 1. The maximum absolute atomic E-state index is 12.6. The van der Waals surface area contributed by atoms with Gasteiger partial charge in [0.25, 0.3) is 5.91 Å². The molecule has 3 heterocycles. The summed E-state index contributed by atoms with van der Waals surface area (Å²) in [6.07, 6.45) is 1.66. The molecule has 0 radical (unpaired) electrons. The van der Waals surface area contributed by atoms with E-state index in [9.17, 15) is 4.79 Å². The van der Waals surface area contributed by atoms with Crippen LogP contribution >= 0.6 is 0 Å². The molecule has 0 saturated heterocycles. The van der Waals surface area contributed by atoms with E-state index in [1.807, 2.05) is 36.4 Å². The molecule has 1 aliphatic rings. The van der Waals surface area contributed by atoms with Gasteiger partial charge < -0.3 is 23.7 Å². The van der Waals surface area contributed by atoms with Gasteiger partial charge in [0.15, 0.2) is 23.0 Å². The molecular weight excluding hydrogens is 434 g/mol. The molecular formula is C26H25N3O5. The van der Waals surface area contributed by atoms with E-state index in [0.717, 1.165) is 11.3 Å². The lowest BCUT2D eigenvalue weighted by Crippen LogP contribution is -2.23. The van der Waals surface area contributed by atoms with Gasteiger partial charge in [0.05, 0.1) is 19.4 Å². The number of nitrogens with one attached hydrogen (secondary N) is 1. The molecule has 0 aliphatic carbocycles. The highest BCUT2D eigenvalue weighted by atomic mass is 16.7. The molecule has 0 atom stereocenters. The topological polar surface area (TPSA) is 90.0 Å². The molecule has 8 heteroatoms. The molecule has 2 aromatic carbocycles. The largest absolute Gasteiger partial charge is 0.468 e. The van der Waals surface area contributed by atoms with Gasteiger partial charge in [-0.05, 0) is 42.3 Å². The lowest BCUT2D eigenvalue weighted by Gasteiger charge is -2.20. The molecule has 0 unspecified atom stereocenters.